The van der Waals surface area contributed by atoms with Crippen molar-refractivity contribution in [2.24, 2.45) is 5.73 Å². The minimum Gasteiger partial charge on any atom is -0.320 e. The number of nitrogens with two attached hydrogens (primary N) is 1. The van der Waals surface area contributed by atoms with Crippen molar-refractivity contribution in [3.63, 3.8) is 0 Å². The summed E-state index contributed by atoms with van der Waals surface area (Å²) < 4.78 is 0. The maximum absolute atomic E-state index is 6.07. The highest BCUT2D eigenvalue weighted by Crippen LogP contribution is 2.32. The highest BCUT2D eigenvalue weighted by Gasteiger charge is 2.16. The largest absolute Gasteiger partial charge is 0.320 e. The molecule has 0 spiro atoms. The van der Waals surface area contributed by atoms with Gasteiger partial charge in [-0.05, 0) is 22.4 Å². The van der Waals surface area contributed by atoms with E-state index in [1.807, 2.05) is 16.8 Å². The summed E-state index contributed by atoms with van der Waals surface area (Å²) in [5.74, 6) is 0. The van der Waals surface area contributed by atoms with Crippen LogP contribution >= 0.6 is 34.5 Å². The van der Waals surface area contributed by atoms with Crippen LogP contribution in [0.4, 0.5) is 0 Å². The second-order valence-electron chi connectivity index (χ2n) is 3.05. The highest BCUT2D eigenvalue weighted by atomic mass is 35.5. The van der Waals surface area contributed by atoms with Gasteiger partial charge in [0.15, 0.2) is 0 Å². The molecule has 2 N–H and O–H groups in total. The van der Waals surface area contributed by atoms with Crippen LogP contribution in [-0.4, -0.2) is 4.98 Å². The van der Waals surface area contributed by atoms with Crippen molar-refractivity contribution in [2.45, 2.75) is 6.04 Å². The molecule has 0 bridgehead atoms. The second kappa shape index (κ2) is 4.49. The Kier molecular flexibility index (Phi) is 3.26. The predicted octanol–water partition coefficient (Wildman–Crippen LogP) is 3.50. The van der Waals surface area contributed by atoms with Crippen LogP contribution in [0.2, 0.25) is 10.0 Å². The van der Waals surface area contributed by atoms with Crippen LogP contribution in [0.5, 0.6) is 0 Å². The minimum absolute atomic E-state index is 0.292. The molecule has 0 aliphatic rings. The van der Waals surface area contributed by atoms with Crippen molar-refractivity contribution in [2.75, 3.05) is 0 Å². The summed E-state index contributed by atoms with van der Waals surface area (Å²) in [7, 11) is 0. The molecule has 1 atom stereocenters. The lowest BCUT2D eigenvalue weighted by Gasteiger charge is -2.13. The van der Waals surface area contributed by atoms with Gasteiger partial charge in [-0.15, -0.1) is 0 Å². The third-order valence-corrected chi connectivity index (χ3v) is 3.41. The molecule has 0 aliphatic heterocycles. The quantitative estimate of drug-likeness (QED) is 0.896. The van der Waals surface area contributed by atoms with E-state index >= 15 is 0 Å². The number of hydrogen-bond acceptors (Lipinski definition) is 3. The van der Waals surface area contributed by atoms with Gasteiger partial charge >= 0.3 is 0 Å². The molecule has 2 aromatic rings. The van der Waals surface area contributed by atoms with Crippen molar-refractivity contribution in [3.8, 4) is 0 Å². The molecule has 0 saturated carbocycles. The molecule has 0 radical (unpaired) electrons. The van der Waals surface area contributed by atoms with Gasteiger partial charge < -0.3 is 5.73 Å². The highest BCUT2D eigenvalue weighted by molar-refractivity contribution is 7.08. The van der Waals surface area contributed by atoms with Crippen LogP contribution < -0.4 is 5.73 Å². The Morgan fingerprint density at radius 2 is 1.93 bits per heavy atom. The molecule has 0 amide bonds. The molecule has 15 heavy (non-hydrogen) atoms. The summed E-state index contributed by atoms with van der Waals surface area (Å²) in [6.07, 6.45) is 3.10. The van der Waals surface area contributed by atoms with Crippen molar-refractivity contribution in [1.29, 1.82) is 0 Å². The molecule has 78 valence electrons. The zero-order valence-electron chi connectivity index (χ0n) is 7.65. The third kappa shape index (κ3) is 2.16. The fraction of sp³-hybridized carbons (Fsp3) is 0.100. The molecular weight excluding hydrogens is 251 g/mol. The Bertz CT molecular complexity index is 436. The standard InChI is InChI=1S/C10H8Cl2N2S/c11-7-3-14-4-8(12)9(7)10(13)6-1-2-15-5-6/h1-5,10H,13H2/t10-/m1/s1. The van der Waals surface area contributed by atoms with Gasteiger partial charge in [0.2, 0.25) is 0 Å². The van der Waals surface area contributed by atoms with Crippen molar-refractivity contribution in [3.05, 3.63) is 50.4 Å². The van der Waals surface area contributed by atoms with Crippen LogP contribution in [0.25, 0.3) is 0 Å². The lowest BCUT2D eigenvalue weighted by atomic mass is 10.0. The van der Waals surface area contributed by atoms with Crippen molar-refractivity contribution in [1.82, 2.24) is 4.98 Å². The number of hydrogen-bond donors (Lipinski definition) is 1. The van der Waals surface area contributed by atoms with Gasteiger partial charge in [-0.2, -0.15) is 11.3 Å². The van der Waals surface area contributed by atoms with E-state index in [0.29, 0.717) is 10.0 Å². The third-order valence-electron chi connectivity index (χ3n) is 2.10. The van der Waals surface area contributed by atoms with E-state index in [4.69, 9.17) is 28.9 Å². The zero-order valence-corrected chi connectivity index (χ0v) is 9.98. The van der Waals surface area contributed by atoms with Crippen LogP contribution in [0.15, 0.2) is 29.2 Å². The fourth-order valence-electron chi connectivity index (χ4n) is 1.34. The van der Waals surface area contributed by atoms with Gasteiger partial charge in [0.1, 0.15) is 0 Å². The molecule has 0 aliphatic carbocycles. The molecule has 2 rings (SSSR count). The number of aromatic nitrogens is 1. The predicted molar refractivity (Wildman–Crippen MR) is 64.6 cm³/mol. The maximum Gasteiger partial charge on any atom is 0.0655 e. The molecule has 2 heterocycles. The van der Waals surface area contributed by atoms with Crippen molar-refractivity contribution < 1.29 is 0 Å². The smallest absolute Gasteiger partial charge is 0.0655 e. The van der Waals surface area contributed by atoms with Gasteiger partial charge in [-0.3, -0.25) is 4.98 Å². The maximum atomic E-state index is 6.07. The molecule has 0 fully saturated rings. The topological polar surface area (TPSA) is 38.9 Å². The molecule has 0 saturated heterocycles. The first-order valence-electron chi connectivity index (χ1n) is 4.26. The first-order chi connectivity index (χ1) is 7.20. The summed E-state index contributed by atoms with van der Waals surface area (Å²) >= 11 is 13.6. The van der Waals surface area contributed by atoms with Crippen LogP contribution in [0.1, 0.15) is 17.2 Å². The Balaban J connectivity index is 2.46. The molecule has 2 nitrogen and oxygen atoms in total. The normalized spacial score (nSPS) is 12.7. The van der Waals surface area contributed by atoms with E-state index in [9.17, 15) is 0 Å². The van der Waals surface area contributed by atoms with E-state index in [1.54, 1.807) is 23.7 Å². The minimum atomic E-state index is -0.292. The Morgan fingerprint density at radius 3 is 2.47 bits per heavy atom. The number of pyridine rings is 1. The average molecular weight is 259 g/mol. The fourth-order valence-corrected chi connectivity index (χ4v) is 2.63. The number of nitrogens with zero attached hydrogens (tertiary/aromatic N) is 1. The summed E-state index contributed by atoms with van der Waals surface area (Å²) in [5.41, 5.74) is 7.81. The number of rotatable bonds is 2. The first kappa shape index (κ1) is 10.9. The number of halogens is 2. The Hall–Kier alpha value is -0.610. The van der Waals surface area contributed by atoms with E-state index in [-0.39, 0.29) is 6.04 Å². The monoisotopic (exact) mass is 258 g/mol. The summed E-state index contributed by atoms with van der Waals surface area (Å²) in [6.45, 7) is 0. The number of thiophene rings is 1. The van der Waals surface area contributed by atoms with Crippen LogP contribution in [0.3, 0.4) is 0 Å². The molecule has 0 aromatic carbocycles. The second-order valence-corrected chi connectivity index (χ2v) is 4.65. The first-order valence-corrected chi connectivity index (χ1v) is 5.96. The van der Waals surface area contributed by atoms with Gasteiger partial charge in [0, 0.05) is 18.0 Å². The molecule has 2 aromatic heterocycles. The molecule has 5 heteroatoms. The van der Waals surface area contributed by atoms with Gasteiger partial charge in [-0.1, -0.05) is 23.2 Å². The summed E-state index contributed by atoms with van der Waals surface area (Å²) in [6, 6.07) is 1.67. The lowest BCUT2D eigenvalue weighted by molar-refractivity contribution is 0.873. The average Bonchev–Trinajstić information content (AvgIpc) is 2.69. The van der Waals surface area contributed by atoms with E-state index in [0.717, 1.165) is 11.1 Å². The van der Waals surface area contributed by atoms with E-state index < -0.39 is 0 Å². The van der Waals surface area contributed by atoms with Crippen LogP contribution in [-0.2, 0) is 0 Å². The Morgan fingerprint density at radius 1 is 1.27 bits per heavy atom. The SMILES string of the molecule is N[C@H](c1ccsc1)c1c(Cl)cncc1Cl. The zero-order chi connectivity index (χ0) is 10.8. The van der Waals surface area contributed by atoms with Gasteiger partial charge in [-0.25, -0.2) is 0 Å². The van der Waals surface area contributed by atoms with Crippen LogP contribution in [0, 0.1) is 0 Å². The van der Waals surface area contributed by atoms with E-state index in [2.05, 4.69) is 4.98 Å². The van der Waals surface area contributed by atoms with Crippen molar-refractivity contribution >= 4 is 34.5 Å². The van der Waals surface area contributed by atoms with Gasteiger partial charge in [0.25, 0.3) is 0 Å². The summed E-state index contributed by atoms with van der Waals surface area (Å²) in [4.78, 5) is 3.89. The lowest BCUT2D eigenvalue weighted by Crippen LogP contribution is -2.12. The van der Waals surface area contributed by atoms with Gasteiger partial charge in [0.05, 0.1) is 16.1 Å². The Labute approximate surface area is 102 Å². The molecule has 0 unspecified atom stereocenters. The molecular formula is C10H8Cl2N2S. The summed E-state index contributed by atoms with van der Waals surface area (Å²) in [5, 5.41) is 4.96. The van der Waals surface area contributed by atoms with E-state index in [1.165, 1.54) is 0 Å².